The highest BCUT2D eigenvalue weighted by molar-refractivity contribution is 5.94. The fraction of sp³-hybridized carbons (Fsp3) is 0.526. The second kappa shape index (κ2) is 8.76. The summed E-state index contributed by atoms with van der Waals surface area (Å²) in [4.78, 5) is 36.4. The van der Waals surface area contributed by atoms with E-state index in [1.807, 2.05) is 30.3 Å². The Morgan fingerprint density at radius 2 is 1.72 bits per heavy atom. The van der Waals surface area contributed by atoms with Gasteiger partial charge < -0.3 is 15.8 Å². The predicted octanol–water partition coefficient (Wildman–Crippen LogP) is 1.81. The van der Waals surface area contributed by atoms with Crippen LogP contribution in [0.3, 0.4) is 0 Å². The van der Waals surface area contributed by atoms with E-state index in [0.29, 0.717) is 0 Å². The monoisotopic (exact) mass is 348 g/mol. The molecule has 1 rings (SSSR count). The first-order valence-corrected chi connectivity index (χ1v) is 8.35. The highest BCUT2D eigenvalue weighted by Gasteiger charge is 2.38. The minimum absolute atomic E-state index is 0.129. The molecule has 25 heavy (non-hydrogen) atoms. The van der Waals surface area contributed by atoms with Crippen LogP contribution in [-0.2, 0) is 25.7 Å². The van der Waals surface area contributed by atoms with Crippen molar-refractivity contribution in [2.24, 2.45) is 17.1 Å². The topological polar surface area (TPSA) is 98.5 Å². The largest absolute Gasteiger partial charge is 0.459 e. The Kier molecular flexibility index (Phi) is 7.30. The van der Waals surface area contributed by atoms with E-state index in [9.17, 15) is 14.4 Å². The van der Waals surface area contributed by atoms with Gasteiger partial charge in [0.1, 0.15) is 18.4 Å². The summed E-state index contributed by atoms with van der Waals surface area (Å²) in [5.41, 5.74) is 5.77. The molecule has 0 spiro atoms. The van der Waals surface area contributed by atoms with Gasteiger partial charge in [0.05, 0.1) is 6.04 Å². The zero-order valence-electron chi connectivity index (χ0n) is 15.5. The molecule has 6 nitrogen and oxygen atoms in total. The number of rotatable bonds is 8. The van der Waals surface area contributed by atoms with Gasteiger partial charge >= 0.3 is 5.97 Å². The normalized spacial score (nSPS) is 13.9. The number of carbonyl (C=O) groups excluding carboxylic acids is 3. The van der Waals surface area contributed by atoms with E-state index < -0.39 is 29.4 Å². The summed E-state index contributed by atoms with van der Waals surface area (Å²) in [5.74, 6) is -1.45. The van der Waals surface area contributed by atoms with Crippen molar-refractivity contribution in [1.29, 1.82) is 0 Å². The van der Waals surface area contributed by atoms with Gasteiger partial charge in [0, 0.05) is 5.41 Å². The van der Waals surface area contributed by atoms with E-state index in [0.717, 1.165) is 5.56 Å². The highest BCUT2D eigenvalue weighted by Crippen LogP contribution is 2.21. The molecule has 0 aliphatic carbocycles. The molecule has 0 fully saturated rings. The van der Waals surface area contributed by atoms with Crippen LogP contribution in [-0.4, -0.2) is 29.7 Å². The van der Waals surface area contributed by atoms with E-state index in [1.165, 1.54) is 6.92 Å². The van der Waals surface area contributed by atoms with E-state index >= 15 is 0 Å². The van der Waals surface area contributed by atoms with E-state index in [2.05, 4.69) is 5.32 Å². The molecule has 2 atom stereocenters. The predicted molar refractivity (Wildman–Crippen MR) is 95.4 cm³/mol. The number of nitrogens with one attached hydrogen (secondary N) is 1. The Morgan fingerprint density at radius 3 is 2.20 bits per heavy atom. The lowest BCUT2D eigenvalue weighted by Gasteiger charge is -2.30. The Balaban J connectivity index is 2.74. The Hall–Kier alpha value is -2.21. The van der Waals surface area contributed by atoms with Gasteiger partial charge in [-0.2, -0.15) is 0 Å². The summed E-state index contributed by atoms with van der Waals surface area (Å²) in [5, 5.41) is 2.62. The standard InChI is InChI=1S/C19H28N2O4/c1-12(2)15(18(24)25-11-14-9-7-6-8-10-14)21-17(23)16(20)19(4,5)13(3)22/h6-10,12,15-16H,11,20H2,1-5H3,(H,21,23)/t15-,16+/m0/s1. The van der Waals surface area contributed by atoms with Crippen LogP contribution in [0.25, 0.3) is 0 Å². The van der Waals surface area contributed by atoms with Crippen LogP contribution in [0.2, 0.25) is 0 Å². The number of hydrogen-bond acceptors (Lipinski definition) is 5. The maximum Gasteiger partial charge on any atom is 0.329 e. The smallest absolute Gasteiger partial charge is 0.329 e. The molecule has 0 aliphatic rings. The van der Waals surface area contributed by atoms with E-state index in [1.54, 1.807) is 27.7 Å². The molecule has 0 radical (unpaired) electrons. The third kappa shape index (κ3) is 5.67. The van der Waals surface area contributed by atoms with Crippen LogP contribution in [0, 0.1) is 11.3 Å². The summed E-state index contributed by atoms with van der Waals surface area (Å²) in [6.45, 7) is 8.34. The maximum atomic E-state index is 12.4. The first kappa shape index (κ1) is 20.8. The zero-order chi connectivity index (χ0) is 19.2. The third-order valence-corrected chi connectivity index (χ3v) is 4.41. The fourth-order valence-electron chi connectivity index (χ4n) is 2.11. The molecule has 0 aliphatic heterocycles. The molecule has 1 aromatic carbocycles. The van der Waals surface area contributed by atoms with Crippen LogP contribution in [0.4, 0.5) is 0 Å². The summed E-state index contributed by atoms with van der Waals surface area (Å²) < 4.78 is 5.30. The molecule has 0 aromatic heterocycles. The van der Waals surface area contributed by atoms with Crippen molar-refractivity contribution in [2.45, 2.75) is 53.3 Å². The number of esters is 1. The SMILES string of the molecule is CC(=O)C(C)(C)[C@H](N)C(=O)N[C@H](C(=O)OCc1ccccc1)C(C)C. The van der Waals surface area contributed by atoms with Crippen LogP contribution in [0.15, 0.2) is 30.3 Å². The van der Waals surface area contributed by atoms with Crippen LogP contribution >= 0.6 is 0 Å². The van der Waals surface area contributed by atoms with Crippen LogP contribution in [0.1, 0.15) is 40.2 Å². The van der Waals surface area contributed by atoms with Gasteiger partial charge in [0.2, 0.25) is 5.91 Å². The molecule has 0 saturated carbocycles. The van der Waals surface area contributed by atoms with Crippen molar-refractivity contribution in [2.75, 3.05) is 0 Å². The summed E-state index contributed by atoms with van der Waals surface area (Å²) >= 11 is 0. The number of ketones is 1. The Morgan fingerprint density at radius 1 is 1.16 bits per heavy atom. The van der Waals surface area contributed by atoms with Gasteiger partial charge in [-0.25, -0.2) is 4.79 Å². The summed E-state index contributed by atoms with van der Waals surface area (Å²) in [6.07, 6.45) is 0. The number of Topliss-reactive ketones (excluding diaryl/α,β-unsaturated/α-hetero) is 1. The van der Waals surface area contributed by atoms with Gasteiger partial charge in [-0.05, 0) is 18.4 Å². The number of nitrogens with two attached hydrogens (primary N) is 1. The Bertz CT molecular complexity index is 611. The van der Waals surface area contributed by atoms with Gasteiger partial charge in [-0.3, -0.25) is 9.59 Å². The maximum absolute atomic E-state index is 12.4. The van der Waals surface area contributed by atoms with Crippen LogP contribution < -0.4 is 11.1 Å². The van der Waals surface area contributed by atoms with Crippen molar-refractivity contribution < 1.29 is 19.1 Å². The van der Waals surface area contributed by atoms with Gasteiger partial charge in [-0.15, -0.1) is 0 Å². The second-order valence-electron chi connectivity index (χ2n) is 7.08. The lowest BCUT2D eigenvalue weighted by molar-refractivity contribution is -0.151. The average molecular weight is 348 g/mol. The van der Waals surface area contributed by atoms with Crippen molar-refractivity contribution in [3.63, 3.8) is 0 Å². The Labute approximate surface area is 149 Å². The van der Waals surface area contributed by atoms with Gasteiger partial charge in [-0.1, -0.05) is 58.0 Å². The quantitative estimate of drug-likeness (QED) is 0.698. The molecule has 138 valence electrons. The van der Waals surface area contributed by atoms with Crippen molar-refractivity contribution >= 4 is 17.7 Å². The van der Waals surface area contributed by atoms with Crippen molar-refractivity contribution in [3.05, 3.63) is 35.9 Å². The molecule has 0 bridgehead atoms. The molecule has 0 unspecified atom stereocenters. The lowest BCUT2D eigenvalue weighted by Crippen LogP contribution is -2.57. The van der Waals surface area contributed by atoms with Gasteiger partial charge in [0.25, 0.3) is 0 Å². The number of carbonyl (C=O) groups is 3. The minimum atomic E-state index is -1.05. The molecule has 0 heterocycles. The van der Waals surface area contributed by atoms with Gasteiger partial charge in [0.15, 0.2) is 0 Å². The molecular weight excluding hydrogens is 320 g/mol. The third-order valence-electron chi connectivity index (χ3n) is 4.41. The summed E-state index contributed by atoms with van der Waals surface area (Å²) in [7, 11) is 0. The van der Waals surface area contributed by atoms with Crippen LogP contribution in [0.5, 0.6) is 0 Å². The lowest BCUT2D eigenvalue weighted by atomic mass is 9.80. The molecule has 3 N–H and O–H groups in total. The molecular formula is C19H28N2O4. The molecule has 1 amide bonds. The van der Waals surface area contributed by atoms with Crippen molar-refractivity contribution in [1.82, 2.24) is 5.32 Å². The number of ether oxygens (including phenoxy) is 1. The molecule has 0 saturated heterocycles. The second-order valence-corrected chi connectivity index (χ2v) is 7.08. The fourth-order valence-corrected chi connectivity index (χ4v) is 2.11. The number of benzene rings is 1. The highest BCUT2D eigenvalue weighted by atomic mass is 16.5. The van der Waals surface area contributed by atoms with Crippen molar-refractivity contribution in [3.8, 4) is 0 Å². The first-order chi connectivity index (χ1) is 11.6. The number of hydrogen-bond donors (Lipinski definition) is 2. The molecule has 6 heteroatoms. The number of amides is 1. The minimum Gasteiger partial charge on any atom is -0.459 e. The summed E-state index contributed by atoms with van der Waals surface area (Å²) in [6, 6.07) is 7.41. The van der Waals surface area contributed by atoms with E-state index in [4.69, 9.17) is 10.5 Å². The molecule has 1 aromatic rings. The van der Waals surface area contributed by atoms with E-state index in [-0.39, 0.29) is 18.3 Å². The average Bonchev–Trinajstić information content (AvgIpc) is 2.57. The first-order valence-electron chi connectivity index (χ1n) is 8.35. The zero-order valence-corrected chi connectivity index (χ0v) is 15.5.